The third-order valence-electron chi connectivity index (χ3n) is 2.57. The van der Waals surface area contributed by atoms with Crippen molar-refractivity contribution in [3.8, 4) is 0 Å². The zero-order valence-corrected chi connectivity index (χ0v) is 10.5. The molecular formula is C14H20O3. The lowest BCUT2D eigenvalue weighted by molar-refractivity contribution is -0.147. The summed E-state index contributed by atoms with van der Waals surface area (Å²) in [6.07, 6.45) is 0.748. The zero-order chi connectivity index (χ0) is 12.5. The molecule has 0 bridgehead atoms. The molecule has 0 N–H and O–H groups in total. The summed E-state index contributed by atoms with van der Waals surface area (Å²) in [5.74, 6) is -0.337. The maximum absolute atomic E-state index is 11.9. The van der Waals surface area contributed by atoms with Crippen molar-refractivity contribution in [2.24, 2.45) is 0 Å². The number of rotatable bonds is 7. The highest BCUT2D eigenvalue weighted by atomic mass is 16.6. The van der Waals surface area contributed by atoms with Crippen LogP contribution in [-0.2, 0) is 14.3 Å². The molecule has 0 radical (unpaired) electrons. The second-order valence-electron chi connectivity index (χ2n) is 3.74. The number of ether oxygens (including phenoxy) is 2. The second-order valence-corrected chi connectivity index (χ2v) is 3.74. The van der Waals surface area contributed by atoms with Crippen LogP contribution in [0.2, 0.25) is 0 Å². The van der Waals surface area contributed by atoms with Crippen LogP contribution in [0, 0.1) is 0 Å². The standard InChI is InChI=1S/C14H20O3/c1-3-13(12-8-6-5-7-9-12)14(15)17-11-10-16-4-2/h5-9,13H,3-4,10-11H2,1-2H3. The molecule has 0 aliphatic rings. The van der Waals surface area contributed by atoms with E-state index in [1.54, 1.807) is 0 Å². The Morgan fingerprint density at radius 1 is 1.18 bits per heavy atom. The van der Waals surface area contributed by atoms with E-state index in [4.69, 9.17) is 9.47 Å². The highest BCUT2D eigenvalue weighted by molar-refractivity contribution is 5.78. The average molecular weight is 236 g/mol. The van der Waals surface area contributed by atoms with Crippen LogP contribution in [0.4, 0.5) is 0 Å². The van der Waals surface area contributed by atoms with Crippen molar-refractivity contribution in [3.05, 3.63) is 35.9 Å². The Morgan fingerprint density at radius 2 is 1.88 bits per heavy atom. The van der Waals surface area contributed by atoms with Crippen molar-refractivity contribution in [2.45, 2.75) is 26.2 Å². The molecule has 0 aliphatic carbocycles. The Bertz CT molecular complexity index is 321. The van der Waals surface area contributed by atoms with Crippen LogP contribution in [-0.4, -0.2) is 25.8 Å². The first kappa shape index (κ1) is 13.7. The van der Waals surface area contributed by atoms with Gasteiger partial charge in [-0.15, -0.1) is 0 Å². The average Bonchev–Trinajstić information content (AvgIpc) is 2.37. The van der Waals surface area contributed by atoms with Crippen LogP contribution in [0.5, 0.6) is 0 Å². The van der Waals surface area contributed by atoms with Gasteiger partial charge in [0.2, 0.25) is 0 Å². The fourth-order valence-corrected chi connectivity index (χ4v) is 1.67. The minimum atomic E-state index is -0.169. The minimum absolute atomic E-state index is 0.168. The molecule has 94 valence electrons. The van der Waals surface area contributed by atoms with Gasteiger partial charge in [-0.05, 0) is 18.9 Å². The van der Waals surface area contributed by atoms with Crippen molar-refractivity contribution >= 4 is 5.97 Å². The molecule has 0 spiro atoms. The summed E-state index contributed by atoms with van der Waals surface area (Å²) in [5.41, 5.74) is 1.01. The van der Waals surface area contributed by atoms with Gasteiger partial charge >= 0.3 is 5.97 Å². The molecule has 0 amide bonds. The van der Waals surface area contributed by atoms with E-state index in [2.05, 4.69) is 0 Å². The molecule has 1 aromatic carbocycles. The number of benzene rings is 1. The lowest BCUT2D eigenvalue weighted by atomic mass is 9.97. The molecule has 3 heteroatoms. The van der Waals surface area contributed by atoms with Crippen molar-refractivity contribution in [3.63, 3.8) is 0 Å². The van der Waals surface area contributed by atoms with Crippen LogP contribution in [0.25, 0.3) is 0 Å². The Hall–Kier alpha value is -1.35. The van der Waals surface area contributed by atoms with Crippen LogP contribution < -0.4 is 0 Å². The number of carbonyl (C=O) groups excluding carboxylic acids is 1. The third kappa shape index (κ3) is 4.57. The van der Waals surface area contributed by atoms with Gasteiger partial charge in [0.15, 0.2) is 0 Å². The molecule has 17 heavy (non-hydrogen) atoms. The van der Waals surface area contributed by atoms with Gasteiger partial charge in [-0.3, -0.25) is 4.79 Å². The van der Waals surface area contributed by atoms with Crippen LogP contribution in [0.1, 0.15) is 31.7 Å². The van der Waals surface area contributed by atoms with Gasteiger partial charge in [0.25, 0.3) is 0 Å². The van der Waals surface area contributed by atoms with Crippen LogP contribution in [0.15, 0.2) is 30.3 Å². The number of esters is 1. The van der Waals surface area contributed by atoms with Gasteiger partial charge in [0.1, 0.15) is 6.61 Å². The lowest BCUT2D eigenvalue weighted by Crippen LogP contribution is -2.18. The van der Waals surface area contributed by atoms with Crippen LogP contribution in [0.3, 0.4) is 0 Å². The SMILES string of the molecule is CCOCCOC(=O)C(CC)c1ccccc1. The smallest absolute Gasteiger partial charge is 0.313 e. The maximum atomic E-state index is 11.9. The predicted octanol–water partition coefficient (Wildman–Crippen LogP) is 2.76. The molecule has 1 unspecified atom stereocenters. The predicted molar refractivity (Wildman–Crippen MR) is 66.9 cm³/mol. The Kier molecular flexibility index (Phi) is 6.33. The highest BCUT2D eigenvalue weighted by Crippen LogP contribution is 2.20. The Labute approximate surface area is 103 Å². The zero-order valence-electron chi connectivity index (χ0n) is 10.5. The third-order valence-corrected chi connectivity index (χ3v) is 2.57. The Morgan fingerprint density at radius 3 is 2.47 bits per heavy atom. The first-order valence-corrected chi connectivity index (χ1v) is 6.08. The summed E-state index contributed by atoms with van der Waals surface area (Å²) < 4.78 is 10.3. The van der Waals surface area contributed by atoms with E-state index in [9.17, 15) is 4.79 Å². The first-order chi connectivity index (χ1) is 8.29. The van der Waals surface area contributed by atoms with Gasteiger partial charge in [-0.25, -0.2) is 0 Å². The number of hydrogen-bond acceptors (Lipinski definition) is 3. The first-order valence-electron chi connectivity index (χ1n) is 6.08. The maximum Gasteiger partial charge on any atom is 0.313 e. The van der Waals surface area contributed by atoms with Crippen molar-refractivity contribution in [1.29, 1.82) is 0 Å². The van der Waals surface area contributed by atoms with Crippen molar-refractivity contribution < 1.29 is 14.3 Å². The van der Waals surface area contributed by atoms with Gasteiger partial charge in [0.05, 0.1) is 12.5 Å². The molecule has 0 saturated heterocycles. The van der Waals surface area contributed by atoms with Crippen molar-refractivity contribution in [2.75, 3.05) is 19.8 Å². The lowest BCUT2D eigenvalue weighted by Gasteiger charge is -2.14. The van der Waals surface area contributed by atoms with E-state index in [1.807, 2.05) is 44.2 Å². The minimum Gasteiger partial charge on any atom is -0.463 e. The van der Waals surface area contributed by atoms with E-state index in [-0.39, 0.29) is 11.9 Å². The molecule has 0 saturated carbocycles. The van der Waals surface area contributed by atoms with Crippen molar-refractivity contribution in [1.82, 2.24) is 0 Å². The second kappa shape index (κ2) is 7.85. The topological polar surface area (TPSA) is 35.5 Å². The van der Waals surface area contributed by atoms with Gasteiger partial charge in [-0.1, -0.05) is 37.3 Å². The summed E-state index contributed by atoms with van der Waals surface area (Å²) in [7, 11) is 0. The van der Waals surface area contributed by atoms with Gasteiger partial charge < -0.3 is 9.47 Å². The molecule has 1 aromatic rings. The molecule has 0 heterocycles. The summed E-state index contributed by atoms with van der Waals surface area (Å²) in [6.45, 7) is 5.35. The molecule has 1 rings (SSSR count). The van der Waals surface area contributed by atoms with E-state index in [1.165, 1.54) is 0 Å². The summed E-state index contributed by atoms with van der Waals surface area (Å²) in [5, 5.41) is 0. The highest BCUT2D eigenvalue weighted by Gasteiger charge is 2.19. The van der Waals surface area contributed by atoms with Gasteiger partial charge in [0, 0.05) is 6.61 Å². The van der Waals surface area contributed by atoms with E-state index < -0.39 is 0 Å². The number of hydrogen-bond donors (Lipinski definition) is 0. The fourth-order valence-electron chi connectivity index (χ4n) is 1.67. The van der Waals surface area contributed by atoms with Gasteiger partial charge in [-0.2, -0.15) is 0 Å². The summed E-state index contributed by atoms with van der Waals surface area (Å²) >= 11 is 0. The Balaban J connectivity index is 2.48. The quantitative estimate of drug-likeness (QED) is 0.539. The molecule has 3 nitrogen and oxygen atoms in total. The van der Waals surface area contributed by atoms with E-state index in [0.717, 1.165) is 12.0 Å². The molecular weight excluding hydrogens is 216 g/mol. The molecule has 1 atom stereocenters. The molecule has 0 aliphatic heterocycles. The largest absolute Gasteiger partial charge is 0.463 e. The summed E-state index contributed by atoms with van der Waals surface area (Å²) in [4.78, 5) is 11.9. The summed E-state index contributed by atoms with van der Waals surface area (Å²) in [6, 6.07) is 9.73. The van der Waals surface area contributed by atoms with E-state index in [0.29, 0.717) is 19.8 Å². The number of carbonyl (C=O) groups is 1. The molecule has 0 fully saturated rings. The van der Waals surface area contributed by atoms with E-state index >= 15 is 0 Å². The van der Waals surface area contributed by atoms with Crippen LogP contribution >= 0.6 is 0 Å². The molecule has 0 aromatic heterocycles. The monoisotopic (exact) mass is 236 g/mol. The normalized spacial score (nSPS) is 12.1. The fraction of sp³-hybridized carbons (Fsp3) is 0.500.